The number of para-hydroxylation sites is 1. The first-order chi connectivity index (χ1) is 6.29. The van der Waals surface area contributed by atoms with E-state index in [9.17, 15) is 0 Å². The molecule has 1 aromatic rings. The molecular formula is C10H12N2S. The van der Waals surface area contributed by atoms with Gasteiger partial charge in [-0.25, -0.2) is 0 Å². The Morgan fingerprint density at radius 2 is 2.15 bits per heavy atom. The third-order valence-electron chi connectivity index (χ3n) is 2.38. The summed E-state index contributed by atoms with van der Waals surface area (Å²) in [5.74, 6) is 0. The lowest BCUT2D eigenvalue weighted by molar-refractivity contribution is 0.779. The number of hydrogen-bond acceptors (Lipinski definition) is 1. The molecule has 0 spiro atoms. The van der Waals surface area contributed by atoms with E-state index in [-0.39, 0.29) is 0 Å². The fourth-order valence-corrected chi connectivity index (χ4v) is 1.95. The van der Waals surface area contributed by atoms with Gasteiger partial charge in [-0.3, -0.25) is 0 Å². The molecule has 13 heavy (non-hydrogen) atoms. The summed E-state index contributed by atoms with van der Waals surface area (Å²) in [4.78, 5) is 2.01. The van der Waals surface area contributed by atoms with Crippen LogP contribution < -0.4 is 10.6 Å². The van der Waals surface area contributed by atoms with E-state index in [0.717, 1.165) is 19.4 Å². The van der Waals surface area contributed by atoms with E-state index in [4.69, 9.17) is 18.0 Å². The minimum absolute atomic E-state index is 0.479. The van der Waals surface area contributed by atoms with Gasteiger partial charge in [-0.15, -0.1) is 0 Å². The van der Waals surface area contributed by atoms with Crippen LogP contribution >= 0.6 is 12.2 Å². The van der Waals surface area contributed by atoms with Crippen molar-refractivity contribution in [3.63, 3.8) is 0 Å². The molecule has 3 heteroatoms. The molecule has 2 nitrogen and oxygen atoms in total. The minimum Gasteiger partial charge on any atom is -0.376 e. The van der Waals surface area contributed by atoms with Crippen LogP contribution in [0.4, 0.5) is 5.69 Å². The van der Waals surface area contributed by atoms with Crippen molar-refractivity contribution in [2.75, 3.05) is 11.4 Å². The number of nitrogens with two attached hydrogens (primary N) is 1. The Kier molecular flexibility index (Phi) is 2.19. The van der Waals surface area contributed by atoms with Crippen LogP contribution in [0, 0.1) is 0 Å². The van der Waals surface area contributed by atoms with E-state index in [1.807, 2.05) is 11.0 Å². The van der Waals surface area contributed by atoms with Crippen LogP contribution in [0.3, 0.4) is 0 Å². The van der Waals surface area contributed by atoms with Crippen molar-refractivity contribution < 1.29 is 0 Å². The largest absolute Gasteiger partial charge is 0.376 e. The van der Waals surface area contributed by atoms with Gasteiger partial charge in [0.25, 0.3) is 0 Å². The number of hydrogen-bond donors (Lipinski definition) is 1. The van der Waals surface area contributed by atoms with E-state index < -0.39 is 0 Å². The van der Waals surface area contributed by atoms with Gasteiger partial charge in [-0.2, -0.15) is 0 Å². The zero-order valence-corrected chi connectivity index (χ0v) is 8.18. The van der Waals surface area contributed by atoms with Crippen LogP contribution in [0.25, 0.3) is 0 Å². The van der Waals surface area contributed by atoms with Crippen LogP contribution in [0.2, 0.25) is 0 Å². The third-order valence-corrected chi connectivity index (χ3v) is 2.60. The van der Waals surface area contributed by atoms with E-state index in [0.29, 0.717) is 5.11 Å². The molecule has 0 atom stereocenters. The molecule has 0 amide bonds. The van der Waals surface area contributed by atoms with Crippen molar-refractivity contribution in [2.24, 2.45) is 5.73 Å². The molecule has 1 heterocycles. The number of aryl methyl sites for hydroxylation is 1. The molecule has 0 saturated carbocycles. The normalized spacial score (nSPS) is 15.2. The zero-order valence-electron chi connectivity index (χ0n) is 7.36. The molecule has 1 aliphatic heterocycles. The Hall–Kier alpha value is -1.09. The molecule has 1 aromatic carbocycles. The van der Waals surface area contributed by atoms with Crippen LogP contribution in [-0.2, 0) is 6.42 Å². The van der Waals surface area contributed by atoms with E-state index in [1.165, 1.54) is 11.3 Å². The average molecular weight is 192 g/mol. The zero-order chi connectivity index (χ0) is 9.26. The van der Waals surface area contributed by atoms with Gasteiger partial charge in [-0.1, -0.05) is 18.2 Å². The molecule has 0 aliphatic carbocycles. The maximum atomic E-state index is 5.64. The second-order valence-corrected chi connectivity index (χ2v) is 3.64. The minimum atomic E-state index is 0.479. The highest BCUT2D eigenvalue weighted by molar-refractivity contribution is 7.80. The molecule has 0 unspecified atom stereocenters. The Morgan fingerprint density at radius 1 is 1.38 bits per heavy atom. The first-order valence-electron chi connectivity index (χ1n) is 4.44. The first-order valence-corrected chi connectivity index (χ1v) is 4.85. The number of fused-ring (bicyclic) bond motifs is 1. The monoisotopic (exact) mass is 192 g/mol. The van der Waals surface area contributed by atoms with Gasteiger partial charge >= 0.3 is 0 Å². The summed E-state index contributed by atoms with van der Waals surface area (Å²) >= 11 is 5.00. The van der Waals surface area contributed by atoms with Crippen LogP contribution in [0.15, 0.2) is 24.3 Å². The number of rotatable bonds is 0. The quantitative estimate of drug-likeness (QED) is 0.634. The second-order valence-electron chi connectivity index (χ2n) is 3.22. The van der Waals surface area contributed by atoms with E-state index in [2.05, 4.69) is 18.2 Å². The Labute approximate surface area is 83.3 Å². The van der Waals surface area contributed by atoms with Crippen molar-refractivity contribution in [1.82, 2.24) is 0 Å². The summed E-state index contributed by atoms with van der Waals surface area (Å²) in [5, 5.41) is 0.479. The maximum Gasteiger partial charge on any atom is 0.170 e. The molecule has 0 bridgehead atoms. The van der Waals surface area contributed by atoms with E-state index >= 15 is 0 Å². The van der Waals surface area contributed by atoms with Gasteiger partial charge < -0.3 is 10.6 Å². The Bertz CT molecular complexity index is 335. The second kappa shape index (κ2) is 3.34. The number of anilines is 1. The number of thiocarbonyl (C=S) groups is 1. The summed E-state index contributed by atoms with van der Waals surface area (Å²) in [6, 6.07) is 8.30. The average Bonchev–Trinajstić information content (AvgIpc) is 2.17. The molecule has 0 fully saturated rings. The molecule has 0 saturated heterocycles. The van der Waals surface area contributed by atoms with Crippen molar-refractivity contribution in [3.05, 3.63) is 29.8 Å². The maximum absolute atomic E-state index is 5.64. The highest BCUT2D eigenvalue weighted by Crippen LogP contribution is 2.26. The summed E-state index contributed by atoms with van der Waals surface area (Å²) < 4.78 is 0. The van der Waals surface area contributed by atoms with Gasteiger partial charge in [0.1, 0.15) is 0 Å². The predicted octanol–water partition coefficient (Wildman–Crippen LogP) is 1.68. The highest BCUT2D eigenvalue weighted by atomic mass is 32.1. The third kappa shape index (κ3) is 1.52. The van der Waals surface area contributed by atoms with Gasteiger partial charge in [0.2, 0.25) is 0 Å². The highest BCUT2D eigenvalue weighted by Gasteiger charge is 2.17. The van der Waals surface area contributed by atoms with Crippen LogP contribution in [0.1, 0.15) is 12.0 Å². The molecule has 0 aromatic heterocycles. The SMILES string of the molecule is NC(=S)N1CCCc2ccccc21. The van der Waals surface area contributed by atoms with Crippen molar-refractivity contribution in [2.45, 2.75) is 12.8 Å². The lowest BCUT2D eigenvalue weighted by Crippen LogP contribution is -2.39. The molecule has 68 valence electrons. The summed E-state index contributed by atoms with van der Waals surface area (Å²) in [5.41, 5.74) is 8.17. The van der Waals surface area contributed by atoms with E-state index in [1.54, 1.807) is 0 Å². The lowest BCUT2D eigenvalue weighted by atomic mass is 10.0. The first kappa shape index (κ1) is 8.51. The summed E-state index contributed by atoms with van der Waals surface area (Å²) in [6.45, 7) is 0.951. The van der Waals surface area contributed by atoms with Crippen LogP contribution in [0.5, 0.6) is 0 Å². The fraction of sp³-hybridized carbons (Fsp3) is 0.300. The molecule has 2 rings (SSSR count). The Balaban J connectivity index is 2.42. The standard InChI is InChI=1S/C10H12N2S/c11-10(13)12-7-3-5-8-4-1-2-6-9(8)12/h1-2,4,6H,3,5,7H2,(H2,11,13). The van der Waals surface area contributed by atoms with Gasteiger partial charge in [0.15, 0.2) is 5.11 Å². The van der Waals surface area contributed by atoms with Gasteiger partial charge in [-0.05, 0) is 36.7 Å². The van der Waals surface area contributed by atoms with Crippen molar-refractivity contribution >= 4 is 23.0 Å². The molecule has 0 radical (unpaired) electrons. The van der Waals surface area contributed by atoms with Crippen molar-refractivity contribution in [3.8, 4) is 0 Å². The smallest absolute Gasteiger partial charge is 0.170 e. The van der Waals surface area contributed by atoms with Gasteiger partial charge in [0, 0.05) is 12.2 Å². The lowest BCUT2D eigenvalue weighted by Gasteiger charge is -2.29. The summed E-state index contributed by atoms with van der Waals surface area (Å²) in [6.07, 6.45) is 2.27. The predicted molar refractivity (Wildman–Crippen MR) is 58.9 cm³/mol. The van der Waals surface area contributed by atoms with Crippen molar-refractivity contribution in [1.29, 1.82) is 0 Å². The topological polar surface area (TPSA) is 29.3 Å². The van der Waals surface area contributed by atoms with Crippen LogP contribution in [-0.4, -0.2) is 11.7 Å². The Morgan fingerprint density at radius 3 is 2.92 bits per heavy atom. The molecule has 2 N–H and O–H groups in total. The molecular weight excluding hydrogens is 180 g/mol. The number of benzene rings is 1. The summed E-state index contributed by atoms with van der Waals surface area (Å²) in [7, 11) is 0. The number of nitrogens with zero attached hydrogens (tertiary/aromatic N) is 1. The van der Waals surface area contributed by atoms with Gasteiger partial charge in [0.05, 0.1) is 0 Å². The molecule has 1 aliphatic rings. The fourth-order valence-electron chi connectivity index (χ4n) is 1.76.